The van der Waals surface area contributed by atoms with Crippen LogP contribution in [0.15, 0.2) is 23.1 Å². The van der Waals surface area contributed by atoms with Crippen LogP contribution in [-0.2, 0) is 10.0 Å². The first-order valence-corrected chi connectivity index (χ1v) is 5.79. The van der Waals surface area contributed by atoms with Crippen LogP contribution >= 0.6 is 0 Å². The molecule has 4 N–H and O–H groups in total. The molecule has 0 bridgehead atoms. The van der Waals surface area contributed by atoms with Crippen molar-refractivity contribution >= 4 is 15.7 Å². The largest absolute Gasteiger partial charge is 0.398 e. The SMILES string of the molecule is CC(C)c1ccc(S(N)(=O)=O)cc1N. The molecule has 1 rings (SSSR count). The second kappa shape index (κ2) is 3.59. The molecule has 4 nitrogen and oxygen atoms in total. The van der Waals surface area contributed by atoms with Crippen molar-refractivity contribution < 1.29 is 8.42 Å². The number of anilines is 1. The lowest BCUT2D eigenvalue weighted by atomic mass is 10.0. The molecule has 5 heteroatoms. The van der Waals surface area contributed by atoms with Gasteiger partial charge in [0.2, 0.25) is 10.0 Å². The summed E-state index contributed by atoms with van der Waals surface area (Å²) in [4.78, 5) is 0.0550. The minimum Gasteiger partial charge on any atom is -0.398 e. The summed E-state index contributed by atoms with van der Waals surface area (Å²) in [6.07, 6.45) is 0. The van der Waals surface area contributed by atoms with Crippen LogP contribution in [0.2, 0.25) is 0 Å². The predicted molar refractivity (Wildman–Crippen MR) is 56.3 cm³/mol. The van der Waals surface area contributed by atoms with E-state index in [0.29, 0.717) is 5.69 Å². The highest BCUT2D eigenvalue weighted by Crippen LogP contribution is 2.23. The van der Waals surface area contributed by atoms with E-state index in [1.807, 2.05) is 13.8 Å². The first-order valence-electron chi connectivity index (χ1n) is 4.24. The second-order valence-corrected chi connectivity index (χ2v) is 5.05. The van der Waals surface area contributed by atoms with Crippen molar-refractivity contribution in [2.75, 3.05) is 5.73 Å². The number of nitrogen functional groups attached to an aromatic ring is 1. The fraction of sp³-hybridized carbons (Fsp3) is 0.333. The van der Waals surface area contributed by atoms with Gasteiger partial charge >= 0.3 is 0 Å². The summed E-state index contributed by atoms with van der Waals surface area (Å²) in [6.45, 7) is 3.98. The van der Waals surface area contributed by atoms with E-state index in [1.54, 1.807) is 6.07 Å². The highest BCUT2D eigenvalue weighted by molar-refractivity contribution is 7.89. The van der Waals surface area contributed by atoms with Gasteiger partial charge in [-0.3, -0.25) is 0 Å². The number of rotatable bonds is 2. The molecular weight excluding hydrogens is 200 g/mol. The summed E-state index contributed by atoms with van der Waals surface area (Å²) in [7, 11) is -3.65. The molecule has 0 saturated carbocycles. The van der Waals surface area contributed by atoms with Gasteiger partial charge in [0.1, 0.15) is 0 Å². The Hall–Kier alpha value is -1.07. The van der Waals surface area contributed by atoms with Crippen molar-refractivity contribution in [1.29, 1.82) is 0 Å². The normalized spacial score (nSPS) is 12.0. The van der Waals surface area contributed by atoms with Crippen LogP contribution < -0.4 is 10.9 Å². The Morgan fingerprint density at radius 2 is 1.86 bits per heavy atom. The van der Waals surface area contributed by atoms with Crippen molar-refractivity contribution in [3.05, 3.63) is 23.8 Å². The molecule has 0 saturated heterocycles. The summed E-state index contributed by atoms with van der Waals surface area (Å²) in [6, 6.07) is 4.56. The highest BCUT2D eigenvalue weighted by Gasteiger charge is 2.11. The number of benzene rings is 1. The summed E-state index contributed by atoms with van der Waals surface area (Å²) < 4.78 is 22.0. The van der Waals surface area contributed by atoms with Gasteiger partial charge in [-0.25, -0.2) is 13.6 Å². The quantitative estimate of drug-likeness (QED) is 0.721. The van der Waals surface area contributed by atoms with Gasteiger partial charge in [0.15, 0.2) is 0 Å². The number of hydrogen-bond donors (Lipinski definition) is 2. The van der Waals surface area contributed by atoms with Gasteiger partial charge < -0.3 is 5.73 Å². The lowest BCUT2D eigenvalue weighted by Crippen LogP contribution is -2.13. The van der Waals surface area contributed by atoms with Crippen LogP contribution in [0, 0.1) is 0 Å². The maximum Gasteiger partial charge on any atom is 0.238 e. The molecule has 0 aromatic heterocycles. The zero-order valence-corrected chi connectivity index (χ0v) is 9.01. The van der Waals surface area contributed by atoms with Crippen molar-refractivity contribution in [2.45, 2.75) is 24.7 Å². The van der Waals surface area contributed by atoms with E-state index in [4.69, 9.17) is 10.9 Å². The molecule has 0 aliphatic carbocycles. The fourth-order valence-electron chi connectivity index (χ4n) is 1.26. The molecule has 0 amide bonds. The molecule has 0 aliphatic heterocycles. The van der Waals surface area contributed by atoms with E-state index in [-0.39, 0.29) is 10.8 Å². The van der Waals surface area contributed by atoms with E-state index < -0.39 is 10.0 Å². The van der Waals surface area contributed by atoms with Gasteiger partial charge in [-0.1, -0.05) is 19.9 Å². The van der Waals surface area contributed by atoms with Gasteiger partial charge in [0, 0.05) is 5.69 Å². The maximum absolute atomic E-state index is 11.0. The van der Waals surface area contributed by atoms with E-state index >= 15 is 0 Å². The Bertz CT molecular complexity index is 438. The lowest BCUT2D eigenvalue weighted by molar-refractivity contribution is 0.597. The monoisotopic (exact) mass is 214 g/mol. The van der Waals surface area contributed by atoms with Crippen molar-refractivity contribution in [3.63, 3.8) is 0 Å². The van der Waals surface area contributed by atoms with Crippen molar-refractivity contribution in [2.24, 2.45) is 5.14 Å². The van der Waals surface area contributed by atoms with Crippen molar-refractivity contribution in [3.8, 4) is 0 Å². The minimum absolute atomic E-state index is 0.0550. The maximum atomic E-state index is 11.0. The number of sulfonamides is 1. The molecule has 0 unspecified atom stereocenters. The minimum atomic E-state index is -3.65. The Morgan fingerprint density at radius 1 is 1.29 bits per heavy atom. The van der Waals surface area contributed by atoms with Crippen molar-refractivity contribution in [1.82, 2.24) is 0 Å². The molecule has 14 heavy (non-hydrogen) atoms. The fourth-order valence-corrected chi connectivity index (χ4v) is 1.80. The molecule has 0 atom stereocenters. The summed E-state index contributed by atoms with van der Waals surface area (Å²) in [5, 5.41) is 4.97. The van der Waals surface area contributed by atoms with Crippen LogP contribution in [-0.4, -0.2) is 8.42 Å². The van der Waals surface area contributed by atoms with Crippen LogP contribution in [0.5, 0.6) is 0 Å². The molecule has 0 heterocycles. The third kappa shape index (κ3) is 2.24. The van der Waals surface area contributed by atoms with E-state index in [0.717, 1.165) is 5.56 Å². The molecule has 0 fully saturated rings. The number of nitrogens with two attached hydrogens (primary N) is 2. The van der Waals surface area contributed by atoms with Gasteiger partial charge in [-0.05, 0) is 23.6 Å². The zero-order valence-electron chi connectivity index (χ0n) is 8.19. The Kier molecular flexibility index (Phi) is 2.82. The zero-order chi connectivity index (χ0) is 10.9. The lowest BCUT2D eigenvalue weighted by Gasteiger charge is -2.09. The van der Waals surface area contributed by atoms with Crippen LogP contribution in [0.1, 0.15) is 25.3 Å². The summed E-state index contributed by atoms with van der Waals surface area (Å²) in [5.41, 5.74) is 7.09. The first kappa shape index (κ1) is 11.0. The Morgan fingerprint density at radius 3 is 2.21 bits per heavy atom. The number of hydrogen-bond acceptors (Lipinski definition) is 3. The molecule has 0 radical (unpaired) electrons. The highest BCUT2D eigenvalue weighted by atomic mass is 32.2. The van der Waals surface area contributed by atoms with E-state index in [2.05, 4.69) is 0 Å². The first-order chi connectivity index (χ1) is 6.32. The molecule has 0 aliphatic rings. The van der Waals surface area contributed by atoms with Gasteiger partial charge in [0.05, 0.1) is 4.90 Å². The topological polar surface area (TPSA) is 86.2 Å². The van der Waals surface area contributed by atoms with Crippen LogP contribution in [0.25, 0.3) is 0 Å². The molecule has 1 aromatic carbocycles. The third-order valence-corrected chi connectivity index (χ3v) is 2.92. The average Bonchev–Trinajstić information content (AvgIpc) is 2.01. The molecular formula is C9H14N2O2S. The molecule has 1 aromatic rings. The standard InChI is InChI=1S/C9H14N2O2S/c1-6(2)8-4-3-7(5-9(8)10)14(11,12)13/h3-6H,10H2,1-2H3,(H2,11,12,13). The average molecular weight is 214 g/mol. The van der Waals surface area contributed by atoms with Crippen LogP contribution in [0.3, 0.4) is 0 Å². The Balaban J connectivity index is 3.27. The molecule has 0 spiro atoms. The predicted octanol–water partition coefficient (Wildman–Crippen LogP) is 1.04. The Labute approximate surface area is 84.0 Å². The smallest absolute Gasteiger partial charge is 0.238 e. The van der Waals surface area contributed by atoms with Gasteiger partial charge in [-0.15, -0.1) is 0 Å². The summed E-state index contributed by atoms with van der Waals surface area (Å²) in [5.74, 6) is 0.268. The van der Waals surface area contributed by atoms with Crippen LogP contribution in [0.4, 0.5) is 5.69 Å². The van der Waals surface area contributed by atoms with Gasteiger partial charge in [-0.2, -0.15) is 0 Å². The summed E-state index contributed by atoms with van der Waals surface area (Å²) >= 11 is 0. The third-order valence-electron chi connectivity index (χ3n) is 2.01. The second-order valence-electron chi connectivity index (χ2n) is 3.49. The molecule has 78 valence electrons. The van der Waals surface area contributed by atoms with E-state index in [9.17, 15) is 8.42 Å². The number of primary sulfonamides is 1. The van der Waals surface area contributed by atoms with Gasteiger partial charge in [0.25, 0.3) is 0 Å². The van der Waals surface area contributed by atoms with E-state index in [1.165, 1.54) is 12.1 Å².